The van der Waals surface area contributed by atoms with E-state index in [9.17, 15) is 4.79 Å². The number of rotatable bonds is 2. The van der Waals surface area contributed by atoms with E-state index < -0.39 is 5.41 Å². The molecule has 3 rings (SSSR count). The SMILES string of the molecule is CC1(C(=O)NC2CCc3ccccc3C2)COCC1N. The van der Waals surface area contributed by atoms with Crippen LogP contribution in [0.1, 0.15) is 24.5 Å². The van der Waals surface area contributed by atoms with E-state index >= 15 is 0 Å². The van der Waals surface area contributed by atoms with E-state index in [0.717, 1.165) is 19.3 Å². The standard InChI is InChI=1S/C16H22N2O2/c1-16(10-20-9-14(16)17)15(19)18-13-7-6-11-4-2-3-5-12(11)8-13/h2-5,13-14H,6-10,17H2,1H3,(H,18,19). The summed E-state index contributed by atoms with van der Waals surface area (Å²) in [6.07, 6.45) is 2.93. The first kappa shape index (κ1) is 13.6. The molecule has 0 spiro atoms. The van der Waals surface area contributed by atoms with Gasteiger partial charge in [-0.3, -0.25) is 4.79 Å². The van der Waals surface area contributed by atoms with Gasteiger partial charge in [-0.05, 0) is 37.3 Å². The molecule has 0 aromatic heterocycles. The Morgan fingerprint density at radius 3 is 2.85 bits per heavy atom. The molecule has 1 aliphatic carbocycles. The van der Waals surface area contributed by atoms with Crippen molar-refractivity contribution in [1.29, 1.82) is 0 Å². The third-order valence-corrected chi connectivity index (χ3v) is 4.72. The molecule has 1 aromatic carbocycles. The van der Waals surface area contributed by atoms with Gasteiger partial charge in [0.2, 0.25) is 5.91 Å². The van der Waals surface area contributed by atoms with Crippen LogP contribution in [0.5, 0.6) is 0 Å². The number of hydrogen-bond donors (Lipinski definition) is 2. The monoisotopic (exact) mass is 274 g/mol. The Labute approximate surface area is 119 Å². The van der Waals surface area contributed by atoms with E-state index in [4.69, 9.17) is 10.5 Å². The molecule has 1 amide bonds. The third-order valence-electron chi connectivity index (χ3n) is 4.72. The minimum absolute atomic E-state index is 0.0341. The van der Waals surface area contributed by atoms with Gasteiger partial charge >= 0.3 is 0 Å². The number of carbonyl (C=O) groups excluding carboxylic acids is 1. The third kappa shape index (κ3) is 2.34. The molecule has 3 atom stereocenters. The fraction of sp³-hybridized carbons (Fsp3) is 0.562. The lowest BCUT2D eigenvalue weighted by Crippen LogP contribution is -2.53. The molecule has 3 unspecified atom stereocenters. The number of nitrogens with one attached hydrogen (secondary N) is 1. The summed E-state index contributed by atoms with van der Waals surface area (Å²) < 4.78 is 5.35. The van der Waals surface area contributed by atoms with Gasteiger partial charge in [0, 0.05) is 12.1 Å². The first-order valence-electron chi connectivity index (χ1n) is 7.30. The average Bonchev–Trinajstić information content (AvgIpc) is 2.80. The summed E-state index contributed by atoms with van der Waals surface area (Å²) in [5.74, 6) is 0.0341. The number of hydrogen-bond acceptors (Lipinski definition) is 3. The fourth-order valence-corrected chi connectivity index (χ4v) is 3.09. The van der Waals surface area contributed by atoms with Crippen LogP contribution < -0.4 is 11.1 Å². The minimum Gasteiger partial charge on any atom is -0.379 e. The van der Waals surface area contributed by atoms with Crippen molar-refractivity contribution in [2.45, 2.75) is 38.3 Å². The number of aryl methyl sites for hydroxylation is 1. The summed E-state index contributed by atoms with van der Waals surface area (Å²) in [5.41, 5.74) is 8.18. The van der Waals surface area contributed by atoms with E-state index in [1.54, 1.807) is 0 Å². The summed E-state index contributed by atoms with van der Waals surface area (Å²) in [7, 11) is 0. The summed E-state index contributed by atoms with van der Waals surface area (Å²) in [5, 5.41) is 3.17. The molecule has 1 aliphatic heterocycles. The van der Waals surface area contributed by atoms with Crippen molar-refractivity contribution in [3.8, 4) is 0 Å². The largest absolute Gasteiger partial charge is 0.379 e. The van der Waals surface area contributed by atoms with Crippen LogP contribution in [0.4, 0.5) is 0 Å². The molecule has 1 fully saturated rings. The van der Waals surface area contributed by atoms with Crippen LogP contribution in [0.3, 0.4) is 0 Å². The van der Waals surface area contributed by atoms with Crippen molar-refractivity contribution in [2.24, 2.45) is 11.1 Å². The van der Waals surface area contributed by atoms with Crippen molar-refractivity contribution >= 4 is 5.91 Å². The Morgan fingerprint density at radius 1 is 1.40 bits per heavy atom. The Kier molecular flexibility index (Phi) is 3.52. The molecule has 4 heteroatoms. The Bertz CT molecular complexity index is 517. The van der Waals surface area contributed by atoms with Gasteiger partial charge in [-0.15, -0.1) is 0 Å². The molecular weight excluding hydrogens is 252 g/mol. The lowest BCUT2D eigenvalue weighted by molar-refractivity contribution is -0.131. The van der Waals surface area contributed by atoms with Crippen molar-refractivity contribution in [1.82, 2.24) is 5.32 Å². The number of fused-ring (bicyclic) bond motifs is 1. The highest BCUT2D eigenvalue weighted by molar-refractivity contribution is 5.84. The van der Waals surface area contributed by atoms with Crippen LogP contribution in [0.2, 0.25) is 0 Å². The first-order valence-corrected chi connectivity index (χ1v) is 7.30. The number of nitrogens with two attached hydrogens (primary N) is 1. The normalized spacial score (nSPS) is 32.7. The Balaban J connectivity index is 1.66. The molecular formula is C16H22N2O2. The highest BCUT2D eigenvalue weighted by Crippen LogP contribution is 2.28. The summed E-state index contributed by atoms with van der Waals surface area (Å²) >= 11 is 0. The first-order chi connectivity index (χ1) is 9.59. The lowest BCUT2D eigenvalue weighted by atomic mass is 9.83. The second-order valence-corrected chi connectivity index (χ2v) is 6.22. The van der Waals surface area contributed by atoms with E-state index in [1.165, 1.54) is 11.1 Å². The minimum atomic E-state index is -0.586. The van der Waals surface area contributed by atoms with Crippen molar-refractivity contribution in [2.75, 3.05) is 13.2 Å². The van der Waals surface area contributed by atoms with Gasteiger partial charge in [-0.25, -0.2) is 0 Å². The smallest absolute Gasteiger partial charge is 0.230 e. The van der Waals surface area contributed by atoms with Crippen LogP contribution in [0, 0.1) is 5.41 Å². The van der Waals surface area contributed by atoms with Gasteiger partial charge in [0.05, 0.1) is 18.6 Å². The molecule has 1 heterocycles. The number of benzene rings is 1. The van der Waals surface area contributed by atoms with Gasteiger partial charge in [0.25, 0.3) is 0 Å². The second kappa shape index (κ2) is 5.19. The van der Waals surface area contributed by atoms with Crippen molar-refractivity contribution < 1.29 is 9.53 Å². The highest BCUT2D eigenvalue weighted by Gasteiger charge is 2.44. The molecule has 0 bridgehead atoms. The molecule has 3 N–H and O–H groups in total. The predicted octanol–water partition coefficient (Wildman–Crippen LogP) is 1.02. The van der Waals surface area contributed by atoms with Gasteiger partial charge in [0.1, 0.15) is 0 Å². The van der Waals surface area contributed by atoms with Crippen LogP contribution in [0.25, 0.3) is 0 Å². The zero-order valence-electron chi connectivity index (χ0n) is 11.9. The average molecular weight is 274 g/mol. The zero-order valence-corrected chi connectivity index (χ0v) is 11.9. The van der Waals surface area contributed by atoms with Gasteiger partial charge in [-0.2, -0.15) is 0 Å². The summed E-state index contributed by atoms with van der Waals surface area (Å²) in [6, 6.07) is 8.47. The lowest BCUT2D eigenvalue weighted by Gasteiger charge is -2.31. The van der Waals surface area contributed by atoms with Crippen LogP contribution in [-0.4, -0.2) is 31.2 Å². The molecule has 108 valence electrons. The number of ether oxygens (including phenoxy) is 1. The Hall–Kier alpha value is -1.39. The van der Waals surface area contributed by atoms with Crippen LogP contribution >= 0.6 is 0 Å². The molecule has 0 saturated carbocycles. The van der Waals surface area contributed by atoms with Crippen molar-refractivity contribution in [3.63, 3.8) is 0 Å². The molecule has 4 nitrogen and oxygen atoms in total. The topological polar surface area (TPSA) is 64.3 Å². The van der Waals surface area contributed by atoms with Crippen LogP contribution in [0.15, 0.2) is 24.3 Å². The maximum atomic E-state index is 12.5. The van der Waals surface area contributed by atoms with E-state index in [-0.39, 0.29) is 18.0 Å². The van der Waals surface area contributed by atoms with Crippen LogP contribution in [-0.2, 0) is 22.4 Å². The Morgan fingerprint density at radius 2 is 2.15 bits per heavy atom. The maximum Gasteiger partial charge on any atom is 0.230 e. The molecule has 1 aromatic rings. The molecule has 1 saturated heterocycles. The summed E-state index contributed by atoms with van der Waals surface area (Å²) in [4.78, 5) is 12.5. The van der Waals surface area contributed by atoms with Crippen molar-refractivity contribution in [3.05, 3.63) is 35.4 Å². The van der Waals surface area contributed by atoms with E-state index in [0.29, 0.717) is 13.2 Å². The molecule has 0 radical (unpaired) electrons. The number of amides is 1. The van der Waals surface area contributed by atoms with Gasteiger partial charge in [-0.1, -0.05) is 24.3 Å². The fourth-order valence-electron chi connectivity index (χ4n) is 3.09. The van der Waals surface area contributed by atoms with Gasteiger partial charge in [0.15, 0.2) is 0 Å². The molecule has 2 aliphatic rings. The van der Waals surface area contributed by atoms with Gasteiger partial charge < -0.3 is 15.8 Å². The van der Waals surface area contributed by atoms with E-state index in [2.05, 4.69) is 29.6 Å². The highest BCUT2D eigenvalue weighted by atomic mass is 16.5. The predicted molar refractivity (Wildman–Crippen MR) is 77.3 cm³/mol. The summed E-state index contributed by atoms with van der Waals surface area (Å²) in [6.45, 7) is 2.79. The quantitative estimate of drug-likeness (QED) is 0.846. The number of carbonyl (C=O) groups is 1. The zero-order chi connectivity index (χ0) is 14.2. The molecule has 20 heavy (non-hydrogen) atoms. The maximum absolute atomic E-state index is 12.5. The van der Waals surface area contributed by atoms with E-state index in [1.807, 2.05) is 6.92 Å². The second-order valence-electron chi connectivity index (χ2n) is 6.22.